The van der Waals surface area contributed by atoms with E-state index in [1.54, 1.807) is 0 Å². The fraction of sp³-hybridized carbons (Fsp3) is 0. The first-order valence-electron chi connectivity index (χ1n) is 4.47. The number of carboxylic acid groups (broad SMARTS) is 1. The smallest absolute Gasteiger partial charge is 0.336 e. The first kappa shape index (κ1) is 11.8. The molecule has 0 aliphatic rings. The van der Waals surface area contributed by atoms with Gasteiger partial charge in [-0.1, -0.05) is 0 Å². The molecule has 1 heterocycles. The predicted molar refractivity (Wildman–Crippen MR) is 58.7 cm³/mol. The molecule has 0 unspecified atom stereocenters. The van der Waals surface area contributed by atoms with Crippen molar-refractivity contribution in [1.29, 1.82) is 0 Å². The highest BCUT2D eigenvalue weighted by Crippen LogP contribution is 2.35. The zero-order valence-corrected chi connectivity index (χ0v) is 9.79. The number of halogens is 3. The van der Waals surface area contributed by atoms with Crippen molar-refractivity contribution in [2.75, 3.05) is 0 Å². The number of hydrogen-bond donors (Lipinski definition) is 1. The average Bonchev–Trinajstić information content (AvgIpc) is 2.78. The lowest BCUT2D eigenvalue weighted by molar-refractivity contribution is 0.0696. The van der Waals surface area contributed by atoms with Gasteiger partial charge in [0.15, 0.2) is 11.6 Å². The number of carboxylic acids is 1. The molecular weight excluding hydrogens is 298 g/mol. The van der Waals surface area contributed by atoms with E-state index in [2.05, 4.69) is 15.9 Å². The Balaban J connectivity index is 2.80. The zero-order valence-electron chi connectivity index (χ0n) is 8.21. The third kappa shape index (κ3) is 1.95. The van der Waals surface area contributed by atoms with Gasteiger partial charge in [0, 0.05) is 5.56 Å². The van der Waals surface area contributed by atoms with Crippen molar-refractivity contribution in [2.24, 2.45) is 0 Å². The Labute approximate surface area is 103 Å². The molecular formula is C11H5BrF2O3. The van der Waals surface area contributed by atoms with Gasteiger partial charge in [0.05, 0.1) is 16.3 Å². The molecule has 2 rings (SSSR count). The number of carbonyl (C=O) groups is 1. The fourth-order valence-corrected chi connectivity index (χ4v) is 2.02. The lowest BCUT2D eigenvalue weighted by atomic mass is 10.0. The second-order valence-electron chi connectivity index (χ2n) is 3.19. The van der Waals surface area contributed by atoms with Crippen LogP contribution in [-0.2, 0) is 0 Å². The number of rotatable bonds is 2. The number of hydrogen-bond acceptors (Lipinski definition) is 2. The lowest BCUT2D eigenvalue weighted by Gasteiger charge is -2.07. The minimum atomic E-state index is -1.36. The van der Waals surface area contributed by atoms with Gasteiger partial charge in [-0.05, 0) is 34.1 Å². The largest absolute Gasteiger partial charge is 0.478 e. The summed E-state index contributed by atoms with van der Waals surface area (Å²) < 4.78 is 31.2. The Morgan fingerprint density at radius 1 is 1.41 bits per heavy atom. The van der Waals surface area contributed by atoms with Crippen LogP contribution in [0, 0.1) is 11.6 Å². The second-order valence-corrected chi connectivity index (χ2v) is 3.98. The number of aromatic carboxylic acids is 1. The Hall–Kier alpha value is -1.69. The highest BCUT2D eigenvalue weighted by atomic mass is 79.9. The maximum absolute atomic E-state index is 13.4. The van der Waals surface area contributed by atoms with Crippen molar-refractivity contribution in [1.82, 2.24) is 0 Å². The van der Waals surface area contributed by atoms with E-state index in [-0.39, 0.29) is 21.4 Å². The topological polar surface area (TPSA) is 50.4 Å². The molecule has 0 fully saturated rings. The molecule has 0 amide bonds. The zero-order chi connectivity index (χ0) is 12.6. The monoisotopic (exact) mass is 302 g/mol. The third-order valence-electron chi connectivity index (χ3n) is 2.16. The van der Waals surface area contributed by atoms with Gasteiger partial charge in [0.1, 0.15) is 5.76 Å². The molecule has 6 heteroatoms. The van der Waals surface area contributed by atoms with E-state index in [1.165, 1.54) is 18.4 Å². The number of furan rings is 1. The lowest BCUT2D eigenvalue weighted by Crippen LogP contribution is -2.03. The molecule has 1 aromatic heterocycles. The van der Waals surface area contributed by atoms with Crippen LogP contribution in [0.3, 0.4) is 0 Å². The van der Waals surface area contributed by atoms with Crippen molar-refractivity contribution in [3.8, 4) is 11.3 Å². The van der Waals surface area contributed by atoms with E-state index in [4.69, 9.17) is 9.52 Å². The predicted octanol–water partition coefficient (Wildman–Crippen LogP) is 3.69. The number of benzene rings is 1. The standard InChI is InChI=1S/C11H5BrF2O3/c12-9-8(7-2-1-3-17-7)5(11(15)16)4-6(13)10(9)14/h1-4H,(H,15,16). The maximum atomic E-state index is 13.4. The first-order valence-corrected chi connectivity index (χ1v) is 5.26. The van der Waals surface area contributed by atoms with Crippen LogP contribution in [0.4, 0.5) is 8.78 Å². The first-order chi connectivity index (χ1) is 8.02. The normalized spacial score (nSPS) is 10.5. The van der Waals surface area contributed by atoms with E-state index < -0.39 is 17.6 Å². The van der Waals surface area contributed by atoms with Gasteiger partial charge in [-0.3, -0.25) is 0 Å². The van der Waals surface area contributed by atoms with Crippen LogP contribution in [0.2, 0.25) is 0 Å². The van der Waals surface area contributed by atoms with Crippen molar-refractivity contribution in [3.63, 3.8) is 0 Å². The summed E-state index contributed by atoms with van der Waals surface area (Å²) in [7, 11) is 0. The molecule has 0 aliphatic carbocycles. The molecule has 0 spiro atoms. The summed E-state index contributed by atoms with van der Waals surface area (Å²) in [4.78, 5) is 11.0. The second kappa shape index (κ2) is 4.29. The van der Waals surface area contributed by atoms with Gasteiger partial charge in [0.25, 0.3) is 0 Å². The molecule has 0 bridgehead atoms. The van der Waals surface area contributed by atoms with Crippen molar-refractivity contribution in [2.45, 2.75) is 0 Å². The van der Waals surface area contributed by atoms with Crippen molar-refractivity contribution < 1.29 is 23.1 Å². The molecule has 1 N–H and O–H groups in total. The summed E-state index contributed by atoms with van der Waals surface area (Å²) in [5.74, 6) is -3.60. The summed E-state index contributed by atoms with van der Waals surface area (Å²) >= 11 is 2.83. The Bertz CT molecular complexity index is 579. The van der Waals surface area contributed by atoms with Crippen molar-refractivity contribution >= 4 is 21.9 Å². The van der Waals surface area contributed by atoms with Gasteiger partial charge in [0.2, 0.25) is 0 Å². The Kier molecular flexibility index (Phi) is 2.97. The Morgan fingerprint density at radius 2 is 2.12 bits per heavy atom. The van der Waals surface area contributed by atoms with Crippen LogP contribution >= 0.6 is 15.9 Å². The van der Waals surface area contributed by atoms with E-state index >= 15 is 0 Å². The molecule has 1 aromatic carbocycles. The van der Waals surface area contributed by atoms with Crippen LogP contribution in [0.1, 0.15) is 10.4 Å². The Morgan fingerprint density at radius 3 is 2.65 bits per heavy atom. The quantitative estimate of drug-likeness (QED) is 0.861. The van der Waals surface area contributed by atoms with Crippen LogP contribution in [-0.4, -0.2) is 11.1 Å². The molecule has 0 atom stereocenters. The average molecular weight is 303 g/mol. The van der Waals surface area contributed by atoms with Crippen LogP contribution in [0.25, 0.3) is 11.3 Å². The van der Waals surface area contributed by atoms with Crippen molar-refractivity contribution in [3.05, 3.63) is 46.1 Å². The van der Waals surface area contributed by atoms with E-state index in [1.807, 2.05) is 0 Å². The third-order valence-corrected chi connectivity index (χ3v) is 2.90. The van der Waals surface area contributed by atoms with Gasteiger partial charge in [-0.25, -0.2) is 13.6 Å². The summed E-state index contributed by atoms with van der Waals surface area (Å²) in [6.07, 6.45) is 1.31. The van der Waals surface area contributed by atoms with Crippen LogP contribution < -0.4 is 0 Å². The summed E-state index contributed by atoms with van der Waals surface area (Å²) in [5.41, 5.74) is -0.396. The molecule has 0 aliphatic heterocycles. The van der Waals surface area contributed by atoms with E-state index in [9.17, 15) is 13.6 Å². The maximum Gasteiger partial charge on any atom is 0.336 e. The van der Waals surface area contributed by atoms with Gasteiger partial charge in [-0.2, -0.15) is 0 Å². The van der Waals surface area contributed by atoms with Gasteiger partial charge >= 0.3 is 5.97 Å². The molecule has 0 radical (unpaired) electrons. The minimum absolute atomic E-state index is 0.0265. The summed E-state index contributed by atoms with van der Waals surface area (Å²) in [6, 6.07) is 3.61. The minimum Gasteiger partial charge on any atom is -0.478 e. The molecule has 3 nitrogen and oxygen atoms in total. The molecule has 0 saturated carbocycles. The molecule has 17 heavy (non-hydrogen) atoms. The highest BCUT2D eigenvalue weighted by Gasteiger charge is 2.23. The van der Waals surface area contributed by atoms with E-state index in [0.717, 1.165) is 0 Å². The van der Waals surface area contributed by atoms with E-state index in [0.29, 0.717) is 6.07 Å². The molecule has 2 aromatic rings. The van der Waals surface area contributed by atoms with Crippen LogP contribution in [0.15, 0.2) is 33.4 Å². The molecule has 88 valence electrons. The van der Waals surface area contributed by atoms with Gasteiger partial charge < -0.3 is 9.52 Å². The summed E-state index contributed by atoms with van der Waals surface area (Å²) in [5, 5.41) is 8.95. The van der Waals surface area contributed by atoms with Gasteiger partial charge in [-0.15, -0.1) is 0 Å². The SMILES string of the molecule is O=C(O)c1cc(F)c(F)c(Br)c1-c1ccco1. The fourth-order valence-electron chi connectivity index (χ4n) is 1.43. The molecule has 0 saturated heterocycles. The van der Waals surface area contributed by atoms with Crippen LogP contribution in [0.5, 0.6) is 0 Å². The summed E-state index contributed by atoms with van der Waals surface area (Å²) in [6.45, 7) is 0. The highest BCUT2D eigenvalue weighted by molar-refractivity contribution is 9.10.